The Hall–Kier alpha value is -1.87. The zero-order valence-electron chi connectivity index (χ0n) is 13.4. The lowest BCUT2D eigenvalue weighted by Gasteiger charge is -2.11. The quantitative estimate of drug-likeness (QED) is 0.601. The zero-order chi connectivity index (χ0) is 15.8. The molecule has 116 valence electrons. The van der Waals surface area contributed by atoms with Crippen LogP contribution in [-0.2, 0) is 6.42 Å². The van der Waals surface area contributed by atoms with Crippen molar-refractivity contribution in [1.29, 1.82) is 0 Å². The molecular formula is C19H24N2S. The molecule has 2 rings (SSSR count). The van der Waals surface area contributed by atoms with E-state index in [-0.39, 0.29) is 0 Å². The Kier molecular flexibility index (Phi) is 6.41. The maximum absolute atomic E-state index is 5.33. The van der Waals surface area contributed by atoms with E-state index in [4.69, 9.17) is 12.2 Å². The van der Waals surface area contributed by atoms with Crippen molar-refractivity contribution < 1.29 is 0 Å². The van der Waals surface area contributed by atoms with Gasteiger partial charge >= 0.3 is 0 Å². The van der Waals surface area contributed by atoms with Crippen molar-refractivity contribution in [3.05, 3.63) is 65.2 Å². The molecule has 0 fully saturated rings. The van der Waals surface area contributed by atoms with Crippen LogP contribution in [0.25, 0.3) is 0 Å². The van der Waals surface area contributed by atoms with Crippen molar-refractivity contribution in [2.45, 2.75) is 33.1 Å². The summed E-state index contributed by atoms with van der Waals surface area (Å²) in [7, 11) is 0. The van der Waals surface area contributed by atoms with Crippen molar-refractivity contribution in [2.75, 3.05) is 11.9 Å². The Bertz CT molecular complexity index is 608. The van der Waals surface area contributed by atoms with Crippen LogP contribution in [0.3, 0.4) is 0 Å². The summed E-state index contributed by atoms with van der Waals surface area (Å²) in [4.78, 5) is 0. The molecule has 0 saturated heterocycles. The van der Waals surface area contributed by atoms with Gasteiger partial charge in [-0.3, -0.25) is 0 Å². The van der Waals surface area contributed by atoms with Gasteiger partial charge in [-0.05, 0) is 74.2 Å². The molecule has 3 heteroatoms. The molecule has 0 aliphatic heterocycles. The van der Waals surface area contributed by atoms with Gasteiger partial charge in [0.2, 0.25) is 0 Å². The fraction of sp³-hybridized carbons (Fsp3) is 0.316. The number of hydrogen-bond donors (Lipinski definition) is 2. The van der Waals surface area contributed by atoms with E-state index >= 15 is 0 Å². The van der Waals surface area contributed by atoms with Crippen LogP contribution >= 0.6 is 12.2 Å². The average Bonchev–Trinajstić information content (AvgIpc) is 2.52. The highest BCUT2D eigenvalue weighted by atomic mass is 32.1. The molecule has 0 unspecified atom stereocenters. The van der Waals surface area contributed by atoms with Crippen molar-refractivity contribution in [2.24, 2.45) is 0 Å². The maximum atomic E-state index is 5.33. The number of unbranched alkanes of at least 4 members (excludes halogenated alkanes) is 1. The summed E-state index contributed by atoms with van der Waals surface area (Å²) < 4.78 is 0. The third-order valence-corrected chi connectivity index (χ3v) is 4.03. The van der Waals surface area contributed by atoms with E-state index in [1.54, 1.807) is 0 Å². The van der Waals surface area contributed by atoms with Crippen LogP contribution in [0.5, 0.6) is 0 Å². The molecule has 2 aromatic carbocycles. The smallest absolute Gasteiger partial charge is 0.170 e. The summed E-state index contributed by atoms with van der Waals surface area (Å²) in [5.74, 6) is 0. The highest BCUT2D eigenvalue weighted by molar-refractivity contribution is 7.80. The Morgan fingerprint density at radius 2 is 1.73 bits per heavy atom. The van der Waals surface area contributed by atoms with E-state index in [1.807, 2.05) is 0 Å². The minimum Gasteiger partial charge on any atom is -0.362 e. The Morgan fingerprint density at radius 3 is 2.45 bits per heavy atom. The van der Waals surface area contributed by atoms with Crippen molar-refractivity contribution in [3.8, 4) is 0 Å². The van der Waals surface area contributed by atoms with Crippen LogP contribution in [0.4, 0.5) is 5.69 Å². The monoisotopic (exact) mass is 312 g/mol. The first-order valence-corrected chi connectivity index (χ1v) is 8.22. The molecule has 0 radical (unpaired) electrons. The summed E-state index contributed by atoms with van der Waals surface area (Å²) in [6.07, 6.45) is 3.41. The standard InChI is InChI=1S/C19H24N2S/c1-15-11-12-18(14-16(15)2)21-19(22)20-13-7-6-10-17-8-4-3-5-9-17/h3-5,8-9,11-12,14H,6-7,10,13H2,1-2H3,(H2,20,21,22). The molecule has 0 saturated carbocycles. The summed E-state index contributed by atoms with van der Waals surface area (Å²) in [6.45, 7) is 5.13. The summed E-state index contributed by atoms with van der Waals surface area (Å²) in [6, 6.07) is 16.9. The van der Waals surface area contributed by atoms with Gasteiger partial charge in [0.1, 0.15) is 0 Å². The largest absolute Gasteiger partial charge is 0.362 e. The van der Waals surface area contributed by atoms with Crippen LogP contribution < -0.4 is 10.6 Å². The van der Waals surface area contributed by atoms with Crippen molar-refractivity contribution in [1.82, 2.24) is 5.32 Å². The van der Waals surface area contributed by atoms with Gasteiger partial charge in [-0.15, -0.1) is 0 Å². The van der Waals surface area contributed by atoms with E-state index in [9.17, 15) is 0 Å². The van der Waals surface area contributed by atoms with Gasteiger partial charge in [0.05, 0.1) is 0 Å². The highest BCUT2D eigenvalue weighted by Gasteiger charge is 1.99. The second-order valence-electron chi connectivity index (χ2n) is 5.62. The minimum absolute atomic E-state index is 0.697. The fourth-order valence-corrected chi connectivity index (χ4v) is 2.52. The lowest BCUT2D eigenvalue weighted by molar-refractivity contribution is 0.711. The number of anilines is 1. The first-order chi connectivity index (χ1) is 10.6. The molecular weight excluding hydrogens is 288 g/mol. The third kappa shape index (κ3) is 5.49. The summed E-state index contributed by atoms with van der Waals surface area (Å²) >= 11 is 5.33. The maximum Gasteiger partial charge on any atom is 0.170 e. The van der Waals surface area contributed by atoms with E-state index in [2.05, 4.69) is 73.0 Å². The van der Waals surface area contributed by atoms with Gasteiger partial charge in [-0.2, -0.15) is 0 Å². The van der Waals surface area contributed by atoms with Gasteiger partial charge in [0.25, 0.3) is 0 Å². The van der Waals surface area contributed by atoms with Gasteiger partial charge in [-0.25, -0.2) is 0 Å². The Morgan fingerprint density at radius 1 is 0.955 bits per heavy atom. The van der Waals surface area contributed by atoms with Gasteiger partial charge in [0.15, 0.2) is 5.11 Å². The molecule has 0 bridgehead atoms. The van der Waals surface area contributed by atoms with E-state index in [0.717, 1.165) is 25.1 Å². The Labute approximate surface area is 139 Å². The summed E-state index contributed by atoms with van der Waals surface area (Å²) in [5.41, 5.74) is 5.02. The molecule has 2 nitrogen and oxygen atoms in total. The molecule has 22 heavy (non-hydrogen) atoms. The fourth-order valence-electron chi connectivity index (χ4n) is 2.30. The number of thiocarbonyl (C=S) groups is 1. The predicted octanol–water partition coefficient (Wildman–Crippen LogP) is 4.61. The van der Waals surface area contributed by atoms with Crippen LogP contribution in [0.15, 0.2) is 48.5 Å². The van der Waals surface area contributed by atoms with E-state index in [1.165, 1.54) is 23.1 Å². The molecule has 0 aliphatic carbocycles. The van der Waals surface area contributed by atoms with Gasteiger partial charge in [-0.1, -0.05) is 36.4 Å². The molecule has 0 atom stereocenters. The van der Waals surface area contributed by atoms with Crippen LogP contribution in [0.2, 0.25) is 0 Å². The molecule has 0 aliphatic rings. The van der Waals surface area contributed by atoms with Crippen molar-refractivity contribution in [3.63, 3.8) is 0 Å². The molecule has 0 amide bonds. The number of aryl methyl sites for hydroxylation is 3. The van der Waals surface area contributed by atoms with Crippen molar-refractivity contribution >= 4 is 23.0 Å². The van der Waals surface area contributed by atoms with E-state index in [0.29, 0.717) is 5.11 Å². The lowest BCUT2D eigenvalue weighted by atomic mass is 10.1. The minimum atomic E-state index is 0.697. The first-order valence-electron chi connectivity index (χ1n) is 7.81. The van der Waals surface area contributed by atoms with Gasteiger partial charge in [0, 0.05) is 12.2 Å². The molecule has 0 spiro atoms. The Balaban J connectivity index is 1.64. The zero-order valence-corrected chi connectivity index (χ0v) is 14.2. The third-order valence-electron chi connectivity index (χ3n) is 3.79. The number of hydrogen-bond acceptors (Lipinski definition) is 1. The number of benzene rings is 2. The SMILES string of the molecule is Cc1ccc(NC(=S)NCCCCc2ccccc2)cc1C. The first kappa shape index (κ1) is 16.5. The normalized spacial score (nSPS) is 10.3. The number of nitrogens with one attached hydrogen (secondary N) is 2. The lowest BCUT2D eigenvalue weighted by Crippen LogP contribution is -2.29. The molecule has 2 aromatic rings. The molecule has 0 aromatic heterocycles. The predicted molar refractivity (Wildman–Crippen MR) is 99.5 cm³/mol. The van der Waals surface area contributed by atoms with Crippen LogP contribution in [0.1, 0.15) is 29.5 Å². The van der Waals surface area contributed by atoms with Gasteiger partial charge < -0.3 is 10.6 Å². The highest BCUT2D eigenvalue weighted by Crippen LogP contribution is 2.13. The topological polar surface area (TPSA) is 24.1 Å². The van der Waals surface area contributed by atoms with E-state index < -0.39 is 0 Å². The summed E-state index contributed by atoms with van der Waals surface area (Å²) in [5, 5.41) is 7.21. The van der Waals surface area contributed by atoms with Crippen LogP contribution in [-0.4, -0.2) is 11.7 Å². The second kappa shape index (κ2) is 8.54. The molecule has 0 heterocycles. The second-order valence-corrected chi connectivity index (χ2v) is 6.03. The molecule has 2 N–H and O–H groups in total. The average molecular weight is 312 g/mol. The number of rotatable bonds is 6. The van der Waals surface area contributed by atoms with Crippen LogP contribution in [0, 0.1) is 13.8 Å².